The number of halogens is 1. The summed E-state index contributed by atoms with van der Waals surface area (Å²) in [4.78, 5) is 22.0. The Morgan fingerprint density at radius 1 is 1.26 bits per heavy atom. The molecular weight excluding hydrogens is 437 g/mol. The molecule has 2 atom stereocenters. The average Bonchev–Trinajstić information content (AvgIpc) is 3.17. The number of carbonyl (C=O) groups is 1. The number of aromatic nitrogens is 3. The highest BCUT2D eigenvalue weighted by Gasteiger charge is 2.36. The molecule has 184 valence electrons. The lowest BCUT2D eigenvalue weighted by molar-refractivity contribution is -0.00745. The van der Waals surface area contributed by atoms with Gasteiger partial charge >= 0.3 is 0 Å². The standard InChI is InChI=1S/C24H34FN7O2/c1-2-3-4-9-31-13-17(25)14-32-24(31)21(22(26)29-32)23(33)28-18-12-27-8-5-19(18)34-20-15-30-10-6-16(20)7-11-30/h5,8,12,16-17,20H,2-4,6-7,9-11,13-15H2,1H3,(H2,26,29)(H,28,33). The van der Waals surface area contributed by atoms with Gasteiger partial charge in [0.05, 0.1) is 19.3 Å². The van der Waals surface area contributed by atoms with E-state index in [1.54, 1.807) is 18.5 Å². The highest BCUT2D eigenvalue weighted by atomic mass is 19.1. The molecule has 3 fully saturated rings. The quantitative estimate of drug-likeness (QED) is 0.571. The van der Waals surface area contributed by atoms with Gasteiger partial charge in [-0.15, -0.1) is 0 Å². The monoisotopic (exact) mass is 471 g/mol. The number of hydrogen-bond acceptors (Lipinski definition) is 7. The predicted molar refractivity (Wildman–Crippen MR) is 129 cm³/mol. The van der Waals surface area contributed by atoms with Crippen LogP contribution in [0.15, 0.2) is 18.5 Å². The summed E-state index contributed by atoms with van der Waals surface area (Å²) < 4.78 is 22.3. The Balaban J connectivity index is 1.36. The molecule has 2 unspecified atom stereocenters. The van der Waals surface area contributed by atoms with Crippen molar-refractivity contribution < 1.29 is 13.9 Å². The van der Waals surface area contributed by atoms with Gasteiger partial charge in [-0.05, 0) is 38.3 Å². The predicted octanol–water partition coefficient (Wildman–Crippen LogP) is 2.93. The number of piperidine rings is 3. The number of nitrogens with two attached hydrogens (primary N) is 1. The number of unbranched alkanes of at least 4 members (excludes halogenated alkanes) is 2. The fourth-order valence-corrected chi connectivity index (χ4v) is 5.43. The van der Waals surface area contributed by atoms with Gasteiger partial charge in [0.2, 0.25) is 0 Å². The third-order valence-electron chi connectivity index (χ3n) is 7.20. The van der Waals surface area contributed by atoms with Crippen LogP contribution in [0.5, 0.6) is 5.75 Å². The summed E-state index contributed by atoms with van der Waals surface area (Å²) in [7, 11) is 0. The van der Waals surface area contributed by atoms with Crippen LogP contribution in [0.25, 0.3) is 0 Å². The Morgan fingerprint density at radius 2 is 2.09 bits per heavy atom. The van der Waals surface area contributed by atoms with E-state index in [0.717, 1.165) is 51.7 Å². The zero-order valence-corrected chi connectivity index (χ0v) is 19.8. The number of anilines is 3. The Kier molecular flexibility index (Phi) is 6.58. The van der Waals surface area contributed by atoms with Crippen LogP contribution in [0.4, 0.5) is 21.7 Å². The number of carbonyl (C=O) groups excluding carboxylic acids is 1. The van der Waals surface area contributed by atoms with Gasteiger partial charge < -0.3 is 20.7 Å². The van der Waals surface area contributed by atoms with Gasteiger partial charge in [0.25, 0.3) is 5.91 Å². The van der Waals surface area contributed by atoms with Crippen LogP contribution < -0.4 is 20.7 Å². The maximum Gasteiger partial charge on any atom is 0.263 e. The molecule has 0 saturated carbocycles. The molecule has 2 bridgehead atoms. The lowest BCUT2D eigenvalue weighted by atomic mass is 9.86. The van der Waals surface area contributed by atoms with Gasteiger partial charge in [-0.1, -0.05) is 19.8 Å². The number of nitrogens with one attached hydrogen (secondary N) is 1. The highest BCUT2D eigenvalue weighted by molar-refractivity contribution is 6.11. The SMILES string of the molecule is CCCCCN1CC(F)Cn2nc(N)c(C(=O)Nc3cnccc3OC3CN4CCC3CC4)c21. The van der Waals surface area contributed by atoms with Crippen molar-refractivity contribution in [3.05, 3.63) is 24.0 Å². The number of amides is 1. The van der Waals surface area contributed by atoms with Crippen molar-refractivity contribution in [3.63, 3.8) is 0 Å². The molecule has 3 N–H and O–H groups in total. The Labute approximate surface area is 199 Å². The Morgan fingerprint density at radius 3 is 2.82 bits per heavy atom. The van der Waals surface area contributed by atoms with Crippen LogP contribution in [-0.2, 0) is 6.54 Å². The molecule has 0 spiro atoms. The zero-order valence-electron chi connectivity index (χ0n) is 19.8. The molecule has 0 aliphatic carbocycles. The van der Waals surface area contributed by atoms with Crippen molar-refractivity contribution >= 4 is 23.2 Å². The minimum atomic E-state index is -1.05. The van der Waals surface area contributed by atoms with E-state index >= 15 is 0 Å². The van der Waals surface area contributed by atoms with E-state index < -0.39 is 6.17 Å². The Bertz CT molecular complexity index is 1020. The first kappa shape index (κ1) is 22.9. The number of ether oxygens (including phenoxy) is 1. The minimum absolute atomic E-state index is 0.0952. The van der Waals surface area contributed by atoms with Gasteiger partial charge in [0.1, 0.15) is 35.1 Å². The molecule has 34 heavy (non-hydrogen) atoms. The van der Waals surface area contributed by atoms with Crippen molar-refractivity contribution in [2.75, 3.05) is 48.7 Å². The summed E-state index contributed by atoms with van der Waals surface area (Å²) >= 11 is 0. The van der Waals surface area contributed by atoms with Crippen LogP contribution in [0, 0.1) is 5.92 Å². The molecular formula is C24H34FN7O2. The second kappa shape index (κ2) is 9.77. The average molecular weight is 472 g/mol. The van der Waals surface area contributed by atoms with E-state index in [9.17, 15) is 9.18 Å². The maximum absolute atomic E-state index is 14.4. The minimum Gasteiger partial charge on any atom is -0.487 e. The van der Waals surface area contributed by atoms with E-state index in [0.29, 0.717) is 29.7 Å². The molecule has 0 radical (unpaired) electrons. The van der Waals surface area contributed by atoms with Gasteiger partial charge in [-0.2, -0.15) is 5.10 Å². The molecule has 1 amide bonds. The third kappa shape index (κ3) is 4.55. The van der Waals surface area contributed by atoms with Crippen molar-refractivity contribution in [2.45, 2.75) is 57.8 Å². The molecule has 4 aliphatic rings. The number of hydrogen-bond donors (Lipinski definition) is 2. The van der Waals surface area contributed by atoms with Crippen LogP contribution in [0.2, 0.25) is 0 Å². The summed E-state index contributed by atoms with van der Waals surface area (Å²) in [6.07, 6.45) is 7.60. The fraction of sp³-hybridized carbons (Fsp3) is 0.625. The van der Waals surface area contributed by atoms with E-state index in [1.165, 1.54) is 4.68 Å². The van der Waals surface area contributed by atoms with Crippen molar-refractivity contribution in [3.8, 4) is 5.75 Å². The topological polar surface area (TPSA) is 102 Å². The number of fused-ring (bicyclic) bond motifs is 4. The summed E-state index contributed by atoms with van der Waals surface area (Å²) in [6.45, 7) is 6.27. The molecule has 9 nitrogen and oxygen atoms in total. The molecule has 6 heterocycles. The summed E-state index contributed by atoms with van der Waals surface area (Å²) in [5.74, 6) is 1.44. The second-order valence-electron chi connectivity index (χ2n) is 9.64. The molecule has 10 heteroatoms. The van der Waals surface area contributed by atoms with Crippen molar-refractivity contribution in [2.24, 2.45) is 5.92 Å². The number of pyridine rings is 1. The van der Waals surface area contributed by atoms with Crippen molar-refractivity contribution in [1.29, 1.82) is 0 Å². The Hall–Kier alpha value is -2.88. The van der Waals surface area contributed by atoms with Crippen LogP contribution in [0.1, 0.15) is 49.4 Å². The van der Waals surface area contributed by atoms with Gasteiger partial charge in [-0.25, -0.2) is 9.07 Å². The molecule has 3 saturated heterocycles. The number of nitrogens with zero attached hydrogens (tertiary/aromatic N) is 5. The first-order valence-corrected chi connectivity index (χ1v) is 12.4. The fourth-order valence-electron chi connectivity index (χ4n) is 5.43. The molecule has 2 aromatic rings. The normalized spacial score (nSPS) is 25.8. The van der Waals surface area contributed by atoms with Crippen LogP contribution in [-0.4, -0.2) is 70.6 Å². The third-order valence-corrected chi connectivity index (χ3v) is 7.20. The smallest absolute Gasteiger partial charge is 0.263 e. The summed E-state index contributed by atoms with van der Waals surface area (Å²) in [5.41, 5.74) is 6.95. The number of alkyl halides is 1. The van der Waals surface area contributed by atoms with Gasteiger partial charge in [-0.3, -0.25) is 14.7 Å². The molecule has 4 aliphatic heterocycles. The number of rotatable bonds is 8. The van der Waals surface area contributed by atoms with E-state index in [4.69, 9.17) is 10.5 Å². The molecule has 0 aromatic carbocycles. The van der Waals surface area contributed by atoms with Crippen molar-refractivity contribution in [1.82, 2.24) is 19.7 Å². The molecule has 2 aromatic heterocycles. The van der Waals surface area contributed by atoms with Crippen LogP contribution in [0.3, 0.4) is 0 Å². The first-order valence-electron chi connectivity index (χ1n) is 12.4. The highest BCUT2D eigenvalue weighted by Crippen LogP contribution is 2.35. The zero-order chi connectivity index (χ0) is 23.7. The lowest BCUT2D eigenvalue weighted by Gasteiger charge is -2.44. The summed E-state index contributed by atoms with van der Waals surface area (Å²) in [6, 6.07) is 1.79. The van der Waals surface area contributed by atoms with Crippen LogP contribution >= 0.6 is 0 Å². The second-order valence-corrected chi connectivity index (χ2v) is 9.64. The number of nitrogen functional groups attached to an aromatic ring is 1. The van der Waals surface area contributed by atoms with Gasteiger partial charge in [0.15, 0.2) is 5.82 Å². The molecule has 6 rings (SSSR count). The van der Waals surface area contributed by atoms with E-state index in [-0.39, 0.29) is 36.5 Å². The van der Waals surface area contributed by atoms with Gasteiger partial charge in [0, 0.05) is 25.4 Å². The van der Waals surface area contributed by atoms with E-state index in [1.807, 2.05) is 4.90 Å². The largest absolute Gasteiger partial charge is 0.487 e. The maximum atomic E-state index is 14.4. The first-order chi connectivity index (χ1) is 16.5. The lowest BCUT2D eigenvalue weighted by Crippen LogP contribution is -2.52. The summed E-state index contributed by atoms with van der Waals surface area (Å²) in [5, 5.41) is 7.23. The van der Waals surface area contributed by atoms with E-state index in [2.05, 4.69) is 27.2 Å².